The van der Waals surface area contributed by atoms with Crippen LogP contribution in [0.1, 0.15) is 22.8 Å². The molecule has 1 aromatic heterocycles. The first-order valence-electron chi connectivity index (χ1n) is 11.3. The Balaban J connectivity index is 1.69. The van der Waals surface area contributed by atoms with Gasteiger partial charge < -0.3 is 14.8 Å². The number of hydrogen-bond donors (Lipinski definition) is 1. The van der Waals surface area contributed by atoms with Crippen LogP contribution >= 0.6 is 0 Å². The van der Waals surface area contributed by atoms with E-state index in [4.69, 9.17) is 9.47 Å². The maximum absolute atomic E-state index is 14.0. The molecule has 0 fully saturated rings. The van der Waals surface area contributed by atoms with Gasteiger partial charge in [0.05, 0.1) is 23.4 Å². The first-order chi connectivity index (χ1) is 17.8. The van der Waals surface area contributed by atoms with E-state index in [-0.39, 0.29) is 36.2 Å². The molecule has 11 heteroatoms. The Morgan fingerprint density at radius 1 is 1.00 bits per heavy atom. The van der Waals surface area contributed by atoms with Crippen LogP contribution in [-0.4, -0.2) is 40.5 Å². The zero-order valence-electron chi connectivity index (χ0n) is 19.6. The van der Waals surface area contributed by atoms with Gasteiger partial charge in [-0.2, -0.15) is 18.2 Å². The zero-order valence-corrected chi connectivity index (χ0v) is 19.6. The molecule has 0 aliphatic rings. The molecular formula is C26H22F4N4O3. The lowest BCUT2D eigenvalue weighted by atomic mass is 10.1. The molecule has 7 nitrogen and oxygen atoms in total. The van der Waals surface area contributed by atoms with Crippen LogP contribution in [0.5, 0.6) is 6.01 Å². The molecule has 0 radical (unpaired) electrons. The summed E-state index contributed by atoms with van der Waals surface area (Å²) in [6, 6.07) is 16.5. The number of carbonyl (C=O) groups is 1. The molecule has 1 amide bonds. The minimum Gasteiger partial charge on any atom is -0.460 e. The van der Waals surface area contributed by atoms with Crippen LogP contribution in [-0.2, 0) is 10.9 Å². The quantitative estimate of drug-likeness (QED) is 0.227. The van der Waals surface area contributed by atoms with Gasteiger partial charge in [-0.05, 0) is 49.4 Å². The lowest BCUT2D eigenvalue weighted by Crippen LogP contribution is -2.14. The fourth-order valence-electron chi connectivity index (χ4n) is 3.45. The second kappa shape index (κ2) is 11.2. The molecule has 0 saturated heterocycles. The Bertz CT molecular complexity index is 1390. The number of carbonyl (C=O) groups excluding carboxylic acids is 1. The Morgan fingerprint density at radius 3 is 2.54 bits per heavy atom. The van der Waals surface area contributed by atoms with Crippen molar-refractivity contribution in [3.8, 4) is 23.1 Å². The number of halogens is 4. The molecule has 0 aliphatic heterocycles. The predicted molar refractivity (Wildman–Crippen MR) is 128 cm³/mol. The van der Waals surface area contributed by atoms with Gasteiger partial charge in [-0.15, -0.1) is 5.10 Å². The van der Waals surface area contributed by atoms with Crippen LogP contribution in [0.15, 0.2) is 72.8 Å². The lowest BCUT2D eigenvalue weighted by Gasteiger charge is -2.11. The molecule has 1 heterocycles. The van der Waals surface area contributed by atoms with Crippen LogP contribution in [0, 0.1) is 5.82 Å². The van der Waals surface area contributed by atoms with E-state index in [1.54, 1.807) is 18.2 Å². The molecule has 4 rings (SSSR count). The van der Waals surface area contributed by atoms with Gasteiger partial charge >= 0.3 is 12.2 Å². The zero-order chi connectivity index (χ0) is 26.4. The minimum absolute atomic E-state index is 0.0621. The Hall–Kier alpha value is -4.25. The van der Waals surface area contributed by atoms with E-state index in [9.17, 15) is 22.4 Å². The number of ether oxygens (including phenoxy) is 2. The maximum atomic E-state index is 14.0. The van der Waals surface area contributed by atoms with E-state index in [1.807, 2.05) is 6.92 Å². The number of anilines is 1. The van der Waals surface area contributed by atoms with Crippen molar-refractivity contribution >= 4 is 11.6 Å². The lowest BCUT2D eigenvalue weighted by molar-refractivity contribution is -0.137. The molecule has 192 valence electrons. The number of benzene rings is 3. The minimum atomic E-state index is -4.55. The summed E-state index contributed by atoms with van der Waals surface area (Å²) >= 11 is 0. The summed E-state index contributed by atoms with van der Waals surface area (Å²) < 4.78 is 66.1. The third kappa shape index (κ3) is 6.31. The van der Waals surface area contributed by atoms with Crippen LogP contribution in [0.2, 0.25) is 0 Å². The summed E-state index contributed by atoms with van der Waals surface area (Å²) in [6.07, 6.45) is -4.55. The van der Waals surface area contributed by atoms with Crippen LogP contribution in [0.4, 0.5) is 23.2 Å². The van der Waals surface area contributed by atoms with Crippen molar-refractivity contribution in [2.24, 2.45) is 0 Å². The molecule has 0 atom stereocenters. The summed E-state index contributed by atoms with van der Waals surface area (Å²) in [5.74, 6) is -1.24. The van der Waals surface area contributed by atoms with Gasteiger partial charge in [0.15, 0.2) is 5.82 Å². The first kappa shape index (κ1) is 25.8. The van der Waals surface area contributed by atoms with Gasteiger partial charge in [-0.25, -0.2) is 9.07 Å². The summed E-state index contributed by atoms with van der Waals surface area (Å²) in [5.41, 5.74) is -0.128. The SMILES string of the molecule is CCOCCOc1nc(-c2cccc(C(F)(F)F)c2)n(-c2cccc(NC(=O)c3ccccc3F)c2)n1. The highest BCUT2D eigenvalue weighted by atomic mass is 19.4. The standard InChI is InChI=1S/C26H22F4N4O3/c1-2-36-13-14-37-25-32-23(17-7-5-8-18(15-17)26(28,29)30)34(33-25)20-10-6-9-19(16-20)31-24(35)21-11-3-4-12-22(21)27/h3-12,15-16H,2,13-14H2,1H3,(H,31,35). The third-order valence-corrected chi connectivity index (χ3v) is 5.17. The van der Waals surface area contributed by atoms with Gasteiger partial charge in [0.1, 0.15) is 12.4 Å². The number of nitrogens with zero attached hydrogens (tertiary/aromatic N) is 3. The van der Waals surface area contributed by atoms with Crippen molar-refractivity contribution < 1.29 is 31.8 Å². The normalized spacial score (nSPS) is 11.4. The smallest absolute Gasteiger partial charge is 0.416 e. The number of amides is 1. The number of rotatable bonds is 9. The molecule has 37 heavy (non-hydrogen) atoms. The first-order valence-corrected chi connectivity index (χ1v) is 11.3. The maximum Gasteiger partial charge on any atom is 0.416 e. The van der Waals surface area contributed by atoms with Gasteiger partial charge in [0, 0.05) is 17.9 Å². The average Bonchev–Trinajstić information content (AvgIpc) is 3.31. The van der Waals surface area contributed by atoms with Crippen molar-refractivity contribution in [2.45, 2.75) is 13.1 Å². The Morgan fingerprint density at radius 2 is 1.78 bits per heavy atom. The van der Waals surface area contributed by atoms with E-state index >= 15 is 0 Å². The highest BCUT2D eigenvalue weighted by Gasteiger charge is 2.31. The van der Waals surface area contributed by atoms with E-state index in [2.05, 4.69) is 15.4 Å². The predicted octanol–water partition coefficient (Wildman–Crippen LogP) is 5.76. The molecule has 0 unspecified atom stereocenters. The van der Waals surface area contributed by atoms with Crippen LogP contribution < -0.4 is 10.1 Å². The van der Waals surface area contributed by atoms with E-state index in [0.29, 0.717) is 18.0 Å². The number of aromatic nitrogens is 3. The fraction of sp³-hybridized carbons (Fsp3) is 0.192. The molecule has 0 saturated carbocycles. The second-order valence-corrected chi connectivity index (χ2v) is 7.74. The highest BCUT2D eigenvalue weighted by molar-refractivity contribution is 6.04. The summed E-state index contributed by atoms with van der Waals surface area (Å²) in [6.45, 7) is 2.74. The average molecular weight is 514 g/mol. The van der Waals surface area contributed by atoms with E-state index in [1.165, 1.54) is 47.1 Å². The summed E-state index contributed by atoms with van der Waals surface area (Å²) in [7, 11) is 0. The fourth-order valence-corrected chi connectivity index (χ4v) is 3.45. The number of hydrogen-bond acceptors (Lipinski definition) is 5. The molecule has 3 aromatic carbocycles. The van der Waals surface area contributed by atoms with Crippen molar-refractivity contribution in [1.82, 2.24) is 14.8 Å². The van der Waals surface area contributed by atoms with Crippen molar-refractivity contribution in [3.05, 3.63) is 89.7 Å². The summed E-state index contributed by atoms with van der Waals surface area (Å²) in [4.78, 5) is 16.9. The number of nitrogens with one attached hydrogen (secondary N) is 1. The van der Waals surface area contributed by atoms with E-state index in [0.717, 1.165) is 12.1 Å². The molecule has 0 aliphatic carbocycles. The second-order valence-electron chi connectivity index (χ2n) is 7.74. The molecule has 0 spiro atoms. The largest absolute Gasteiger partial charge is 0.460 e. The van der Waals surface area contributed by atoms with Gasteiger partial charge in [0.2, 0.25) is 0 Å². The van der Waals surface area contributed by atoms with Gasteiger partial charge in [0.25, 0.3) is 5.91 Å². The van der Waals surface area contributed by atoms with Crippen molar-refractivity contribution in [1.29, 1.82) is 0 Å². The number of alkyl halides is 3. The van der Waals surface area contributed by atoms with Crippen LogP contribution in [0.3, 0.4) is 0 Å². The van der Waals surface area contributed by atoms with Crippen LogP contribution in [0.25, 0.3) is 17.1 Å². The molecule has 0 bridgehead atoms. The third-order valence-electron chi connectivity index (χ3n) is 5.17. The monoisotopic (exact) mass is 514 g/mol. The van der Waals surface area contributed by atoms with Gasteiger partial charge in [-0.1, -0.05) is 30.3 Å². The van der Waals surface area contributed by atoms with Crippen molar-refractivity contribution in [2.75, 3.05) is 25.1 Å². The Kier molecular flexibility index (Phi) is 7.83. The Labute approximate surface area is 209 Å². The molecular weight excluding hydrogens is 492 g/mol. The topological polar surface area (TPSA) is 78.3 Å². The molecule has 1 N–H and O–H groups in total. The molecule has 4 aromatic rings. The van der Waals surface area contributed by atoms with E-state index < -0.39 is 23.5 Å². The van der Waals surface area contributed by atoms with Gasteiger partial charge in [-0.3, -0.25) is 4.79 Å². The summed E-state index contributed by atoms with van der Waals surface area (Å²) in [5, 5.41) is 6.93. The highest BCUT2D eigenvalue weighted by Crippen LogP contribution is 2.33. The van der Waals surface area contributed by atoms with Crippen molar-refractivity contribution in [3.63, 3.8) is 0 Å².